The Labute approximate surface area is 216 Å². The van der Waals surface area contributed by atoms with Gasteiger partial charge in [0.1, 0.15) is 22.8 Å². The highest BCUT2D eigenvalue weighted by atomic mass is 16.5. The predicted octanol–water partition coefficient (Wildman–Crippen LogP) is 3.81. The van der Waals surface area contributed by atoms with E-state index < -0.39 is 17.7 Å². The van der Waals surface area contributed by atoms with E-state index in [1.807, 2.05) is 18.2 Å². The van der Waals surface area contributed by atoms with Crippen LogP contribution in [0.5, 0.6) is 11.5 Å². The summed E-state index contributed by atoms with van der Waals surface area (Å²) in [4.78, 5) is 35.3. The number of methoxy groups -OCH3 is 2. The number of ether oxygens (including phenoxy) is 2. The third kappa shape index (κ3) is 4.79. The zero-order chi connectivity index (χ0) is 26.7. The van der Waals surface area contributed by atoms with Gasteiger partial charge in [-0.15, -0.1) is 0 Å². The quantitative estimate of drug-likeness (QED) is 0.254. The third-order valence-corrected chi connectivity index (χ3v) is 6.97. The summed E-state index contributed by atoms with van der Waals surface area (Å²) in [5, 5.41) is 11.6. The summed E-state index contributed by atoms with van der Waals surface area (Å²) in [6.07, 6.45) is 2.44. The normalized spacial score (nSPS) is 17.2. The van der Waals surface area contributed by atoms with Crippen molar-refractivity contribution in [2.45, 2.75) is 33.2 Å². The summed E-state index contributed by atoms with van der Waals surface area (Å²) in [5.41, 5.74) is 2.13. The summed E-state index contributed by atoms with van der Waals surface area (Å²) in [6, 6.07) is 9.88. The van der Waals surface area contributed by atoms with E-state index in [-0.39, 0.29) is 11.3 Å². The summed E-state index contributed by atoms with van der Waals surface area (Å²) in [6.45, 7) is 8.87. The number of hydrogen-bond donors (Lipinski definition) is 1. The van der Waals surface area contributed by atoms with Crippen molar-refractivity contribution >= 4 is 23.1 Å². The number of benzene rings is 1. The number of fused-ring (bicyclic) bond motifs is 1. The monoisotopic (exact) mass is 506 g/mol. The van der Waals surface area contributed by atoms with Gasteiger partial charge in [0.2, 0.25) is 0 Å². The van der Waals surface area contributed by atoms with Crippen molar-refractivity contribution in [2.75, 3.05) is 40.4 Å². The van der Waals surface area contributed by atoms with Crippen molar-refractivity contribution < 1.29 is 24.2 Å². The fourth-order valence-electron chi connectivity index (χ4n) is 5.02. The lowest BCUT2D eigenvalue weighted by Gasteiger charge is -2.28. The number of Topliss-reactive ketones (excluding diaryl/α,β-unsaturated/α-hetero) is 1. The molecule has 1 N–H and O–H groups in total. The number of likely N-dealkylation sites (tertiary alicyclic amines) is 1. The van der Waals surface area contributed by atoms with E-state index in [9.17, 15) is 14.7 Å². The lowest BCUT2D eigenvalue weighted by Crippen LogP contribution is -2.33. The number of imidazole rings is 1. The number of carbonyl (C=O) groups excluding carboxylic acids is 2. The van der Waals surface area contributed by atoms with E-state index >= 15 is 0 Å². The van der Waals surface area contributed by atoms with Gasteiger partial charge in [-0.05, 0) is 63.3 Å². The third-order valence-electron chi connectivity index (χ3n) is 6.97. The van der Waals surface area contributed by atoms with Gasteiger partial charge in [0.05, 0.1) is 31.5 Å². The molecule has 9 heteroatoms. The molecule has 1 amide bonds. The van der Waals surface area contributed by atoms with Crippen LogP contribution in [0.15, 0.2) is 48.2 Å². The first kappa shape index (κ1) is 26.2. The summed E-state index contributed by atoms with van der Waals surface area (Å²) < 4.78 is 12.8. The van der Waals surface area contributed by atoms with Crippen molar-refractivity contribution in [2.24, 2.45) is 0 Å². The fourth-order valence-corrected chi connectivity index (χ4v) is 5.02. The van der Waals surface area contributed by atoms with Crippen molar-refractivity contribution in [3.63, 3.8) is 0 Å². The average molecular weight is 507 g/mol. The number of amides is 1. The number of aromatic nitrogens is 2. The van der Waals surface area contributed by atoms with Crippen LogP contribution in [0.3, 0.4) is 0 Å². The molecule has 1 aliphatic rings. The smallest absolute Gasteiger partial charge is 0.295 e. The van der Waals surface area contributed by atoms with Gasteiger partial charge < -0.3 is 24.4 Å². The molecule has 0 bridgehead atoms. The van der Waals surface area contributed by atoms with Crippen molar-refractivity contribution in [1.29, 1.82) is 0 Å². The number of aliphatic hydroxyl groups excluding tert-OH is 1. The van der Waals surface area contributed by atoms with Gasteiger partial charge >= 0.3 is 0 Å². The topological polar surface area (TPSA) is 96.6 Å². The molecule has 4 rings (SSSR count). The number of pyridine rings is 1. The van der Waals surface area contributed by atoms with Gasteiger partial charge in [0.15, 0.2) is 5.76 Å². The lowest BCUT2D eigenvalue weighted by molar-refractivity contribution is -0.140. The first-order chi connectivity index (χ1) is 17.9. The molecule has 0 radical (unpaired) electrons. The zero-order valence-corrected chi connectivity index (χ0v) is 22.0. The Bertz CT molecular complexity index is 1340. The van der Waals surface area contributed by atoms with E-state index in [0.717, 1.165) is 19.6 Å². The largest absolute Gasteiger partial charge is 0.505 e. The van der Waals surface area contributed by atoms with Crippen LogP contribution >= 0.6 is 0 Å². The van der Waals surface area contributed by atoms with Crippen molar-refractivity contribution in [1.82, 2.24) is 19.2 Å². The van der Waals surface area contributed by atoms with Gasteiger partial charge in [0.25, 0.3) is 11.7 Å². The summed E-state index contributed by atoms with van der Waals surface area (Å²) >= 11 is 0. The van der Waals surface area contributed by atoms with Crippen LogP contribution in [-0.2, 0) is 9.59 Å². The molecule has 37 heavy (non-hydrogen) atoms. The van der Waals surface area contributed by atoms with Crippen LogP contribution in [0, 0.1) is 6.92 Å². The van der Waals surface area contributed by atoms with E-state index in [2.05, 4.69) is 23.7 Å². The van der Waals surface area contributed by atoms with Crippen LogP contribution in [-0.4, -0.2) is 76.4 Å². The van der Waals surface area contributed by atoms with Gasteiger partial charge in [-0.25, -0.2) is 4.98 Å². The highest BCUT2D eigenvalue weighted by Crippen LogP contribution is 2.44. The second-order valence-corrected chi connectivity index (χ2v) is 8.96. The number of carbonyl (C=O) groups is 2. The Morgan fingerprint density at radius 1 is 1.11 bits per heavy atom. The van der Waals surface area contributed by atoms with Crippen LogP contribution in [0.4, 0.5) is 0 Å². The number of hydrogen-bond acceptors (Lipinski definition) is 7. The Balaban J connectivity index is 1.89. The number of aliphatic hydroxyl groups is 1. The first-order valence-corrected chi connectivity index (χ1v) is 12.5. The van der Waals surface area contributed by atoms with E-state index in [0.29, 0.717) is 47.1 Å². The number of aryl methyl sites for hydroxylation is 1. The molecule has 2 aromatic heterocycles. The molecule has 3 heterocycles. The van der Waals surface area contributed by atoms with Crippen LogP contribution in [0.1, 0.15) is 43.3 Å². The first-order valence-electron chi connectivity index (χ1n) is 12.5. The van der Waals surface area contributed by atoms with Gasteiger partial charge in [-0.3, -0.25) is 14.0 Å². The van der Waals surface area contributed by atoms with E-state index in [1.165, 1.54) is 12.0 Å². The lowest BCUT2D eigenvalue weighted by atomic mass is 9.95. The average Bonchev–Trinajstić information content (AvgIpc) is 3.38. The minimum Gasteiger partial charge on any atom is -0.505 e. The molecule has 3 aromatic rings. The van der Waals surface area contributed by atoms with Crippen molar-refractivity contribution in [3.05, 3.63) is 65.1 Å². The maximum atomic E-state index is 13.5. The molecule has 0 spiro atoms. The summed E-state index contributed by atoms with van der Waals surface area (Å²) in [5.74, 6) is -0.615. The standard InChI is InChI=1S/C28H34N4O5/c1-6-30(7-2)14-10-16-32-25(20-17-19(36-4)12-13-21(20)37-5)23(27(34)28(32)35)26(33)24-18(3)29-22-11-8-9-15-31(22)24/h8-9,11-13,15,17,25,33H,6-7,10,14,16H2,1-5H3/t25-/m1/s1. The molecule has 196 valence electrons. The van der Waals surface area contributed by atoms with E-state index in [4.69, 9.17) is 9.47 Å². The highest BCUT2D eigenvalue weighted by molar-refractivity contribution is 6.46. The fraction of sp³-hybridized carbons (Fsp3) is 0.393. The zero-order valence-electron chi connectivity index (χ0n) is 22.0. The number of rotatable bonds is 10. The summed E-state index contributed by atoms with van der Waals surface area (Å²) in [7, 11) is 3.08. The molecule has 1 atom stereocenters. The van der Waals surface area contributed by atoms with Crippen LogP contribution in [0.25, 0.3) is 11.4 Å². The van der Waals surface area contributed by atoms with Crippen LogP contribution < -0.4 is 9.47 Å². The molecule has 1 saturated heterocycles. The second-order valence-electron chi connectivity index (χ2n) is 8.96. The van der Waals surface area contributed by atoms with Gasteiger partial charge in [-0.2, -0.15) is 0 Å². The Morgan fingerprint density at radius 2 is 1.86 bits per heavy atom. The molecule has 0 unspecified atom stereocenters. The minimum atomic E-state index is -0.851. The highest BCUT2D eigenvalue weighted by Gasteiger charge is 2.47. The Morgan fingerprint density at radius 3 is 2.54 bits per heavy atom. The molecule has 1 fully saturated rings. The molecule has 1 aromatic carbocycles. The van der Waals surface area contributed by atoms with Gasteiger partial charge in [0, 0.05) is 18.3 Å². The SMILES string of the molecule is CCN(CC)CCCN1C(=O)C(=O)C(=C(O)c2c(C)nc3ccccn23)[C@H]1c1cc(OC)ccc1OC. The molecular weight excluding hydrogens is 472 g/mol. The molecule has 9 nitrogen and oxygen atoms in total. The predicted molar refractivity (Wildman–Crippen MR) is 141 cm³/mol. The molecular formula is C28H34N4O5. The molecule has 1 aliphatic heterocycles. The number of ketones is 1. The van der Waals surface area contributed by atoms with Gasteiger partial charge in [-0.1, -0.05) is 19.9 Å². The Hall–Kier alpha value is -3.85. The second kappa shape index (κ2) is 11.0. The molecule has 0 saturated carbocycles. The maximum Gasteiger partial charge on any atom is 0.295 e. The maximum absolute atomic E-state index is 13.5. The molecule has 0 aliphatic carbocycles. The van der Waals surface area contributed by atoms with E-state index in [1.54, 1.807) is 42.8 Å². The Kier molecular flexibility index (Phi) is 7.83. The minimum absolute atomic E-state index is 0.00754. The number of nitrogens with zero attached hydrogens (tertiary/aromatic N) is 4. The van der Waals surface area contributed by atoms with Crippen LogP contribution in [0.2, 0.25) is 0 Å². The van der Waals surface area contributed by atoms with Crippen molar-refractivity contribution in [3.8, 4) is 11.5 Å².